The molecule has 1 aromatic rings. The number of amides is 4. The van der Waals surface area contributed by atoms with Crippen molar-refractivity contribution in [2.45, 2.75) is 65.1 Å². The summed E-state index contributed by atoms with van der Waals surface area (Å²) in [5.41, 5.74) is 0.821. The predicted octanol–water partition coefficient (Wildman–Crippen LogP) is 2.67. The Labute approximate surface area is 201 Å². The molecule has 3 rings (SSSR count). The predicted molar refractivity (Wildman–Crippen MR) is 128 cm³/mol. The lowest BCUT2D eigenvalue weighted by Crippen LogP contribution is -2.50. The Hall–Kier alpha value is -3.16. The summed E-state index contributed by atoms with van der Waals surface area (Å²) in [5, 5.41) is 2.93. The molecule has 0 aromatic heterocycles. The first-order valence-corrected chi connectivity index (χ1v) is 12.0. The monoisotopic (exact) mass is 469 g/mol. The van der Waals surface area contributed by atoms with Gasteiger partial charge < -0.3 is 15.0 Å². The summed E-state index contributed by atoms with van der Waals surface area (Å²) in [5.74, 6) is -0.908. The van der Waals surface area contributed by atoms with Crippen LogP contribution in [0.2, 0.25) is 0 Å². The number of fused-ring (bicyclic) bond motifs is 1. The Morgan fingerprint density at radius 3 is 2.38 bits per heavy atom. The maximum atomic E-state index is 13.3. The van der Waals surface area contributed by atoms with Gasteiger partial charge in [0.15, 0.2) is 0 Å². The Balaban J connectivity index is 1.73. The molecule has 1 saturated heterocycles. The van der Waals surface area contributed by atoms with Gasteiger partial charge in [0.25, 0.3) is 0 Å². The summed E-state index contributed by atoms with van der Waals surface area (Å²) in [4.78, 5) is 54.4. The Kier molecular flexibility index (Phi) is 8.47. The fraction of sp³-hybridized carbons (Fsp3) is 0.538. The fourth-order valence-electron chi connectivity index (χ4n) is 4.46. The highest BCUT2D eigenvalue weighted by molar-refractivity contribution is 6.05. The van der Waals surface area contributed by atoms with Crippen molar-refractivity contribution >= 4 is 23.6 Å². The van der Waals surface area contributed by atoms with Crippen molar-refractivity contribution in [3.63, 3.8) is 0 Å². The van der Waals surface area contributed by atoms with E-state index in [0.717, 1.165) is 12.0 Å². The first kappa shape index (κ1) is 25.5. The molecule has 0 spiro atoms. The number of rotatable bonds is 10. The SMILES string of the molecule is CCC(C)NC(=O)C(C)N(Cc1cccc(OC)c1)C(=O)CCN1C(=O)[C@H]2CC=CC[C@H]2C1=O. The molecule has 8 nitrogen and oxygen atoms in total. The molecule has 1 heterocycles. The second-order valence-electron chi connectivity index (χ2n) is 9.10. The molecule has 34 heavy (non-hydrogen) atoms. The molecule has 4 atom stereocenters. The van der Waals surface area contributed by atoms with Gasteiger partial charge in [-0.15, -0.1) is 0 Å². The number of nitrogens with zero attached hydrogens (tertiary/aromatic N) is 2. The van der Waals surface area contributed by atoms with Gasteiger partial charge in [0.2, 0.25) is 23.6 Å². The lowest BCUT2D eigenvalue weighted by molar-refractivity contribution is -0.143. The highest BCUT2D eigenvalue weighted by Gasteiger charge is 2.47. The van der Waals surface area contributed by atoms with Crippen molar-refractivity contribution in [3.05, 3.63) is 42.0 Å². The highest BCUT2D eigenvalue weighted by atomic mass is 16.5. The third kappa shape index (κ3) is 5.66. The van der Waals surface area contributed by atoms with E-state index in [-0.39, 0.29) is 61.0 Å². The van der Waals surface area contributed by atoms with Gasteiger partial charge in [-0.2, -0.15) is 0 Å². The van der Waals surface area contributed by atoms with E-state index < -0.39 is 6.04 Å². The van der Waals surface area contributed by atoms with Gasteiger partial charge in [0, 0.05) is 25.6 Å². The van der Waals surface area contributed by atoms with E-state index in [1.165, 1.54) is 9.80 Å². The van der Waals surface area contributed by atoms with Crippen LogP contribution in [0.1, 0.15) is 52.0 Å². The number of benzene rings is 1. The molecule has 4 amide bonds. The topological polar surface area (TPSA) is 96.0 Å². The van der Waals surface area contributed by atoms with Gasteiger partial charge in [0.1, 0.15) is 11.8 Å². The van der Waals surface area contributed by atoms with E-state index in [1.54, 1.807) is 14.0 Å². The number of hydrogen-bond donors (Lipinski definition) is 1. The molecule has 184 valence electrons. The van der Waals surface area contributed by atoms with Crippen LogP contribution < -0.4 is 10.1 Å². The molecule has 1 fully saturated rings. The quantitative estimate of drug-likeness (QED) is 0.420. The summed E-state index contributed by atoms with van der Waals surface area (Å²) >= 11 is 0. The van der Waals surface area contributed by atoms with Gasteiger partial charge in [-0.1, -0.05) is 31.2 Å². The van der Waals surface area contributed by atoms with E-state index in [4.69, 9.17) is 4.74 Å². The van der Waals surface area contributed by atoms with Crippen LogP contribution in [0.25, 0.3) is 0 Å². The zero-order valence-electron chi connectivity index (χ0n) is 20.5. The van der Waals surface area contributed by atoms with Gasteiger partial charge >= 0.3 is 0 Å². The maximum Gasteiger partial charge on any atom is 0.242 e. The number of carbonyl (C=O) groups excluding carboxylic acids is 4. The summed E-state index contributed by atoms with van der Waals surface area (Å²) in [7, 11) is 1.57. The van der Waals surface area contributed by atoms with Crippen LogP contribution in [0.3, 0.4) is 0 Å². The number of imide groups is 1. The van der Waals surface area contributed by atoms with Crippen molar-refractivity contribution < 1.29 is 23.9 Å². The van der Waals surface area contributed by atoms with Gasteiger partial charge in [-0.05, 0) is 50.8 Å². The van der Waals surface area contributed by atoms with Crippen LogP contribution in [-0.4, -0.2) is 59.2 Å². The lowest BCUT2D eigenvalue weighted by atomic mass is 9.85. The van der Waals surface area contributed by atoms with Gasteiger partial charge in [-0.25, -0.2) is 0 Å². The molecule has 1 N–H and O–H groups in total. The number of hydrogen-bond acceptors (Lipinski definition) is 5. The summed E-state index contributed by atoms with van der Waals surface area (Å²) < 4.78 is 5.29. The van der Waals surface area contributed by atoms with Crippen molar-refractivity contribution in [2.75, 3.05) is 13.7 Å². The standard InChI is InChI=1S/C26H35N3O5/c1-5-17(2)27-24(31)18(3)29(16-19-9-8-10-20(15-19)34-4)23(30)13-14-28-25(32)21-11-6-7-12-22(21)26(28)33/h6-10,15,17-18,21-22H,5,11-14,16H2,1-4H3,(H,27,31)/t17?,18?,21-,22+. The zero-order chi connectivity index (χ0) is 24.8. The number of nitrogens with one attached hydrogen (secondary N) is 1. The Morgan fingerprint density at radius 2 is 1.79 bits per heavy atom. The third-order valence-corrected chi connectivity index (χ3v) is 6.80. The van der Waals surface area contributed by atoms with E-state index >= 15 is 0 Å². The zero-order valence-corrected chi connectivity index (χ0v) is 20.5. The lowest BCUT2D eigenvalue weighted by Gasteiger charge is -2.30. The molecule has 2 aliphatic rings. The van der Waals surface area contributed by atoms with Crippen LogP contribution in [0.4, 0.5) is 0 Å². The number of carbonyl (C=O) groups is 4. The van der Waals surface area contributed by atoms with Crippen molar-refractivity contribution in [1.82, 2.24) is 15.1 Å². The second kappa shape index (κ2) is 11.3. The normalized spacial score (nSPS) is 21.1. The molecular formula is C26H35N3O5. The number of methoxy groups -OCH3 is 1. The molecule has 0 radical (unpaired) electrons. The molecule has 1 aliphatic carbocycles. The fourth-order valence-corrected chi connectivity index (χ4v) is 4.46. The average Bonchev–Trinajstić information content (AvgIpc) is 3.10. The minimum atomic E-state index is -0.718. The van der Waals surface area contributed by atoms with Crippen LogP contribution in [0, 0.1) is 11.8 Å². The second-order valence-corrected chi connectivity index (χ2v) is 9.10. The van der Waals surface area contributed by atoms with Crippen molar-refractivity contribution in [2.24, 2.45) is 11.8 Å². The average molecular weight is 470 g/mol. The summed E-state index contributed by atoms with van der Waals surface area (Å²) in [6.45, 7) is 5.83. The minimum absolute atomic E-state index is 0.0134. The van der Waals surface area contributed by atoms with Crippen LogP contribution in [0.15, 0.2) is 36.4 Å². The molecule has 1 aliphatic heterocycles. The van der Waals surface area contributed by atoms with Gasteiger partial charge in [-0.3, -0.25) is 24.1 Å². The molecule has 2 unspecified atom stereocenters. The summed E-state index contributed by atoms with van der Waals surface area (Å²) in [6.07, 6.45) is 5.75. The van der Waals surface area contributed by atoms with Gasteiger partial charge in [0.05, 0.1) is 18.9 Å². The largest absolute Gasteiger partial charge is 0.497 e. The number of ether oxygens (including phenoxy) is 1. The van der Waals surface area contributed by atoms with Crippen LogP contribution >= 0.6 is 0 Å². The molecule has 8 heteroatoms. The number of likely N-dealkylation sites (tertiary alicyclic amines) is 1. The van der Waals surface area contributed by atoms with E-state index in [1.807, 2.05) is 50.3 Å². The van der Waals surface area contributed by atoms with E-state index in [0.29, 0.717) is 18.6 Å². The van der Waals surface area contributed by atoms with Crippen LogP contribution in [0.5, 0.6) is 5.75 Å². The van der Waals surface area contributed by atoms with Crippen molar-refractivity contribution in [3.8, 4) is 5.75 Å². The maximum absolute atomic E-state index is 13.3. The Morgan fingerprint density at radius 1 is 1.15 bits per heavy atom. The van der Waals surface area contributed by atoms with E-state index in [9.17, 15) is 19.2 Å². The Bertz CT molecular complexity index is 934. The summed E-state index contributed by atoms with van der Waals surface area (Å²) in [6, 6.07) is 6.61. The number of allylic oxidation sites excluding steroid dienone is 2. The molecule has 0 saturated carbocycles. The highest BCUT2D eigenvalue weighted by Crippen LogP contribution is 2.35. The first-order valence-electron chi connectivity index (χ1n) is 12.0. The smallest absolute Gasteiger partial charge is 0.242 e. The van der Waals surface area contributed by atoms with Crippen LogP contribution in [-0.2, 0) is 25.7 Å². The molecule has 0 bridgehead atoms. The first-order chi connectivity index (χ1) is 16.3. The van der Waals surface area contributed by atoms with E-state index in [2.05, 4.69) is 5.32 Å². The third-order valence-electron chi connectivity index (χ3n) is 6.80. The molecule has 1 aromatic carbocycles. The van der Waals surface area contributed by atoms with Crippen molar-refractivity contribution in [1.29, 1.82) is 0 Å². The minimum Gasteiger partial charge on any atom is -0.497 e. The molecular weight excluding hydrogens is 434 g/mol.